The molecule has 1 atom stereocenters. The fraction of sp³-hybridized carbons (Fsp3) is 0.464. The molecule has 1 saturated heterocycles. The second-order valence-corrected chi connectivity index (χ2v) is 11.0. The van der Waals surface area contributed by atoms with Gasteiger partial charge in [-0.15, -0.1) is 5.92 Å². The number of carbonyl (C=O) groups is 1. The van der Waals surface area contributed by atoms with E-state index in [0.29, 0.717) is 30.2 Å². The van der Waals surface area contributed by atoms with Crippen molar-refractivity contribution in [2.75, 3.05) is 18.0 Å². The predicted octanol–water partition coefficient (Wildman–Crippen LogP) is 2.11. The Morgan fingerprint density at radius 3 is 2.75 bits per heavy atom. The number of aryl methyl sites for hydroxylation is 1. The summed E-state index contributed by atoms with van der Waals surface area (Å²) >= 11 is 0. The van der Waals surface area contributed by atoms with Gasteiger partial charge in [-0.2, -0.15) is 10.1 Å². The van der Waals surface area contributed by atoms with Crippen molar-refractivity contribution in [2.45, 2.75) is 65.3 Å². The average molecular weight is 547 g/mol. The lowest BCUT2D eigenvalue weighted by Crippen LogP contribution is -2.49. The quantitative estimate of drug-likeness (QED) is 0.381. The number of ether oxygens (including phenoxy) is 1. The Bertz CT molecular complexity index is 1730. The third-order valence-corrected chi connectivity index (χ3v) is 6.79. The maximum Gasteiger partial charge on any atom is 0.407 e. The van der Waals surface area contributed by atoms with E-state index in [2.05, 4.69) is 22.3 Å². The van der Waals surface area contributed by atoms with Gasteiger partial charge in [0.25, 0.3) is 5.56 Å². The van der Waals surface area contributed by atoms with Crippen LogP contribution >= 0.6 is 0 Å². The molecule has 0 bridgehead atoms. The lowest BCUT2D eigenvalue weighted by molar-refractivity contribution is 0.0499. The number of fused-ring (bicyclic) bond motifs is 2. The third-order valence-electron chi connectivity index (χ3n) is 6.79. The van der Waals surface area contributed by atoms with E-state index in [-0.39, 0.29) is 24.8 Å². The van der Waals surface area contributed by atoms with E-state index in [9.17, 15) is 14.4 Å². The first kappa shape index (κ1) is 27.1. The van der Waals surface area contributed by atoms with Crippen LogP contribution in [-0.2, 0) is 24.9 Å². The molecule has 40 heavy (non-hydrogen) atoms. The standard InChI is InChI=1S/C28H34N8O4/c1-6-7-14-34-22-23(30-25(34)33-13-10-11-19(17-33)29-26(38)40-28(2,3)4)32(5)27(39)35(24(22)37)18-20-16-21-12-8-9-15-36(21)31-20/h8-9,12,15-16,19H,10-11,13-14,17-18H2,1-5H3,(H,29,38). The Morgan fingerprint density at radius 2 is 2.02 bits per heavy atom. The zero-order chi connectivity index (χ0) is 28.6. The van der Waals surface area contributed by atoms with Crippen molar-refractivity contribution in [2.24, 2.45) is 7.05 Å². The lowest BCUT2D eigenvalue weighted by Gasteiger charge is -2.34. The van der Waals surface area contributed by atoms with Crippen LogP contribution in [0.1, 0.15) is 46.2 Å². The first-order chi connectivity index (χ1) is 19.1. The number of imidazole rings is 1. The van der Waals surface area contributed by atoms with Gasteiger partial charge in [0.05, 0.1) is 24.3 Å². The molecule has 1 N–H and O–H groups in total. The van der Waals surface area contributed by atoms with E-state index >= 15 is 0 Å². The number of rotatable bonds is 5. The van der Waals surface area contributed by atoms with E-state index < -0.39 is 22.9 Å². The second kappa shape index (κ2) is 10.6. The lowest BCUT2D eigenvalue weighted by atomic mass is 10.1. The summed E-state index contributed by atoms with van der Waals surface area (Å²) in [6, 6.07) is 7.37. The molecule has 12 nitrogen and oxygen atoms in total. The SMILES string of the molecule is CC#CCn1c(N2CCCC(NC(=O)OC(C)(C)C)C2)nc2c1c(=O)n(Cc1cc3ccccn3n1)c(=O)n2C. The number of alkyl carbamates (subject to hydrolysis) is 1. The second-order valence-electron chi connectivity index (χ2n) is 11.0. The molecular formula is C28H34N8O4. The maximum absolute atomic E-state index is 13.9. The number of amides is 1. The number of hydrogen-bond acceptors (Lipinski definition) is 7. The molecule has 1 amide bonds. The number of nitrogens with one attached hydrogen (secondary N) is 1. The molecular weight excluding hydrogens is 512 g/mol. The van der Waals surface area contributed by atoms with Crippen LogP contribution < -0.4 is 21.5 Å². The van der Waals surface area contributed by atoms with E-state index in [0.717, 1.165) is 18.4 Å². The first-order valence-corrected chi connectivity index (χ1v) is 13.3. The molecule has 0 aromatic carbocycles. The summed E-state index contributed by atoms with van der Waals surface area (Å²) in [6.45, 7) is 8.61. The normalized spacial score (nSPS) is 15.7. The fourth-order valence-electron chi connectivity index (χ4n) is 5.03. The molecule has 5 heterocycles. The van der Waals surface area contributed by atoms with Crippen LogP contribution in [0.5, 0.6) is 0 Å². The highest BCUT2D eigenvalue weighted by Crippen LogP contribution is 2.23. The summed E-state index contributed by atoms with van der Waals surface area (Å²) in [5.41, 5.74) is 0.522. The minimum absolute atomic E-state index is 0.0225. The summed E-state index contributed by atoms with van der Waals surface area (Å²) in [6.07, 6.45) is 2.94. The van der Waals surface area contributed by atoms with Crippen LogP contribution in [0.15, 0.2) is 40.1 Å². The van der Waals surface area contributed by atoms with Crippen LogP contribution in [0, 0.1) is 11.8 Å². The predicted molar refractivity (Wildman–Crippen MR) is 152 cm³/mol. The number of aromatic nitrogens is 6. The Hall–Kier alpha value is -4.53. The maximum atomic E-state index is 13.9. The van der Waals surface area contributed by atoms with Gasteiger partial charge in [-0.3, -0.25) is 18.5 Å². The average Bonchev–Trinajstić information content (AvgIpc) is 3.49. The van der Waals surface area contributed by atoms with Gasteiger partial charge in [-0.25, -0.2) is 14.1 Å². The van der Waals surface area contributed by atoms with Gasteiger partial charge in [0, 0.05) is 32.4 Å². The van der Waals surface area contributed by atoms with E-state index in [1.807, 2.05) is 56.1 Å². The molecule has 0 saturated carbocycles. The molecule has 5 rings (SSSR count). The zero-order valence-electron chi connectivity index (χ0n) is 23.5. The van der Waals surface area contributed by atoms with Gasteiger partial charge < -0.3 is 15.0 Å². The summed E-state index contributed by atoms with van der Waals surface area (Å²) < 4.78 is 11.5. The van der Waals surface area contributed by atoms with Crippen molar-refractivity contribution in [3.63, 3.8) is 0 Å². The molecule has 0 radical (unpaired) electrons. The molecule has 4 aromatic rings. The van der Waals surface area contributed by atoms with Gasteiger partial charge in [-0.05, 0) is 58.7 Å². The number of piperidine rings is 1. The zero-order valence-corrected chi connectivity index (χ0v) is 23.5. The molecule has 1 aliphatic rings. The van der Waals surface area contributed by atoms with Crippen LogP contribution in [0.3, 0.4) is 0 Å². The van der Waals surface area contributed by atoms with Crippen molar-refractivity contribution >= 4 is 28.7 Å². The summed E-state index contributed by atoms with van der Waals surface area (Å²) in [5, 5.41) is 7.47. The fourth-order valence-corrected chi connectivity index (χ4v) is 5.03. The molecule has 0 spiro atoms. The minimum atomic E-state index is -0.598. The van der Waals surface area contributed by atoms with Crippen LogP contribution in [0.2, 0.25) is 0 Å². The van der Waals surface area contributed by atoms with Crippen molar-refractivity contribution in [1.29, 1.82) is 0 Å². The smallest absolute Gasteiger partial charge is 0.407 e. The van der Waals surface area contributed by atoms with E-state index in [4.69, 9.17) is 9.72 Å². The Morgan fingerprint density at radius 1 is 1.23 bits per heavy atom. The minimum Gasteiger partial charge on any atom is -0.444 e. The largest absolute Gasteiger partial charge is 0.444 e. The molecule has 1 fully saturated rings. The van der Waals surface area contributed by atoms with Gasteiger partial charge in [0.2, 0.25) is 5.95 Å². The number of hydrogen-bond donors (Lipinski definition) is 1. The molecule has 0 aliphatic carbocycles. The monoisotopic (exact) mass is 546 g/mol. The summed E-state index contributed by atoms with van der Waals surface area (Å²) in [7, 11) is 1.61. The van der Waals surface area contributed by atoms with E-state index in [1.165, 1.54) is 9.13 Å². The van der Waals surface area contributed by atoms with Crippen molar-refractivity contribution in [3.8, 4) is 11.8 Å². The van der Waals surface area contributed by atoms with Crippen LogP contribution in [-0.4, -0.2) is 59.1 Å². The van der Waals surface area contributed by atoms with Gasteiger partial charge in [0.15, 0.2) is 11.2 Å². The summed E-state index contributed by atoms with van der Waals surface area (Å²) in [4.78, 5) is 46.4. The molecule has 1 aliphatic heterocycles. The highest BCUT2D eigenvalue weighted by molar-refractivity contribution is 5.75. The topological polar surface area (TPSA) is 121 Å². The Labute approximate surface area is 231 Å². The molecule has 4 aromatic heterocycles. The van der Waals surface area contributed by atoms with Gasteiger partial charge in [-0.1, -0.05) is 12.0 Å². The summed E-state index contributed by atoms with van der Waals surface area (Å²) in [5.74, 6) is 6.47. The molecule has 12 heteroatoms. The van der Waals surface area contributed by atoms with Crippen LogP contribution in [0.25, 0.3) is 16.7 Å². The number of anilines is 1. The number of nitrogens with zero attached hydrogens (tertiary/aromatic N) is 7. The third kappa shape index (κ3) is 5.32. The van der Waals surface area contributed by atoms with Gasteiger partial charge >= 0.3 is 11.8 Å². The highest BCUT2D eigenvalue weighted by Gasteiger charge is 2.29. The van der Waals surface area contributed by atoms with E-state index in [1.54, 1.807) is 23.1 Å². The number of pyridine rings is 1. The van der Waals surface area contributed by atoms with Crippen molar-refractivity contribution in [1.82, 2.24) is 33.6 Å². The Kier molecular flexibility index (Phi) is 7.14. The van der Waals surface area contributed by atoms with Gasteiger partial charge in [0.1, 0.15) is 5.60 Å². The first-order valence-electron chi connectivity index (χ1n) is 13.3. The van der Waals surface area contributed by atoms with Crippen LogP contribution in [0.4, 0.5) is 10.7 Å². The van der Waals surface area contributed by atoms with Crippen molar-refractivity contribution in [3.05, 3.63) is 57.0 Å². The highest BCUT2D eigenvalue weighted by atomic mass is 16.6. The Balaban J connectivity index is 1.54. The molecule has 1 unspecified atom stereocenters. The van der Waals surface area contributed by atoms with Crippen molar-refractivity contribution < 1.29 is 9.53 Å². The number of carbonyl (C=O) groups excluding carboxylic acids is 1. The molecule has 210 valence electrons.